The van der Waals surface area contributed by atoms with Gasteiger partial charge >= 0.3 is 5.97 Å². The van der Waals surface area contributed by atoms with Crippen molar-refractivity contribution in [2.45, 2.75) is 19.8 Å². The normalized spacial score (nSPS) is 10.6. The first-order valence-corrected chi connectivity index (χ1v) is 5.71. The highest BCUT2D eigenvalue weighted by atomic mass is 127. The van der Waals surface area contributed by atoms with Crippen LogP contribution in [0.1, 0.15) is 24.6 Å². The smallest absolute Gasteiger partial charge is 0.311 e. The fraction of sp³-hybridized carbons (Fsp3) is 0.400. The summed E-state index contributed by atoms with van der Waals surface area (Å²) in [5, 5.41) is 0. The summed E-state index contributed by atoms with van der Waals surface area (Å²) >= 11 is 1.73. The second-order valence-electron chi connectivity index (χ2n) is 2.97. The molecule has 16 heavy (non-hydrogen) atoms. The Hall–Kier alpha value is -0.790. The molecule has 6 heteroatoms. The van der Waals surface area contributed by atoms with E-state index in [0.717, 1.165) is 0 Å². The summed E-state index contributed by atoms with van der Waals surface area (Å²) < 4.78 is 29.8. The Kier molecular flexibility index (Phi) is 5.04. The van der Waals surface area contributed by atoms with Gasteiger partial charge in [0.1, 0.15) is 3.70 Å². The number of pyridine rings is 1. The molecule has 0 aromatic carbocycles. The predicted molar refractivity (Wildman–Crippen MR) is 62.2 cm³/mol. The van der Waals surface area contributed by atoms with E-state index in [-0.39, 0.29) is 15.7 Å². The van der Waals surface area contributed by atoms with Crippen molar-refractivity contribution < 1.29 is 18.3 Å². The molecule has 0 amide bonds. The molecule has 0 radical (unpaired) electrons. The van der Waals surface area contributed by atoms with Crippen molar-refractivity contribution in [3.63, 3.8) is 0 Å². The van der Waals surface area contributed by atoms with E-state index in [1.54, 1.807) is 29.5 Å². The van der Waals surface area contributed by atoms with Crippen LogP contribution in [0.4, 0.5) is 8.78 Å². The van der Waals surface area contributed by atoms with Gasteiger partial charge in [0.2, 0.25) is 0 Å². The van der Waals surface area contributed by atoms with Crippen LogP contribution in [0, 0.1) is 3.70 Å². The van der Waals surface area contributed by atoms with Gasteiger partial charge in [-0.3, -0.25) is 4.79 Å². The van der Waals surface area contributed by atoms with Crippen LogP contribution in [0.5, 0.6) is 0 Å². The van der Waals surface area contributed by atoms with Crippen molar-refractivity contribution in [3.8, 4) is 0 Å². The van der Waals surface area contributed by atoms with E-state index < -0.39 is 12.4 Å². The molecule has 0 bridgehead atoms. The van der Waals surface area contributed by atoms with Gasteiger partial charge in [0, 0.05) is 5.56 Å². The van der Waals surface area contributed by atoms with E-state index in [1.807, 2.05) is 0 Å². The van der Waals surface area contributed by atoms with Gasteiger partial charge in [-0.1, -0.05) is 0 Å². The average molecular weight is 341 g/mol. The second-order valence-corrected chi connectivity index (χ2v) is 3.99. The summed E-state index contributed by atoms with van der Waals surface area (Å²) in [6.07, 6.45) is -2.54. The summed E-state index contributed by atoms with van der Waals surface area (Å²) in [5.41, 5.74) is 0.320. The zero-order chi connectivity index (χ0) is 12.1. The van der Waals surface area contributed by atoms with Crippen molar-refractivity contribution in [1.82, 2.24) is 4.98 Å². The molecule has 0 saturated carbocycles. The lowest BCUT2D eigenvalue weighted by Crippen LogP contribution is -2.09. The Morgan fingerprint density at radius 2 is 2.25 bits per heavy atom. The third-order valence-electron chi connectivity index (χ3n) is 1.80. The highest BCUT2D eigenvalue weighted by Gasteiger charge is 2.14. The van der Waals surface area contributed by atoms with Gasteiger partial charge in [-0.05, 0) is 41.6 Å². The Bertz CT molecular complexity index is 385. The van der Waals surface area contributed by atoms with Crippen molar-refractivity contribution in [3.05, 3.63) is 27.1 Å². The molecule has 0 aliphatic rings. The first-order valence-electron chi connectivity index (χ1n) is 4.63. The lowest BCUT2D eigenvalue weighted by atomic mass is 10.2. The molecule has 0 N–H and O–H groups in total. The fourth-order valence-electron chi connectivity index (χ4n) is 1.10. The Labute approximate surface area is 105 Å². The van der Waals surface area contributed by atoms with Gasteiger partial charge in [-0.15, -0.1) is 0 Å². The van der Waals surface area contributed by atoms with Crippen LogP contribution in [0.3, 0.4) is 0 Å². The van der Waals surface area contributed by atoms with E-state index in [9.17, 15) is 13.6 Å². The number of halogens is 3. The molecule has 0 spiro atoms. The highest BCUT2D eigenvalue weighted by Crippen LogP contribution is 2.23. The van der Waals surface area contributed by atoms with Crippen LogP contribution in [0.25, 0.3) is 0 Å². The molecule has 0 atom stereocenters. The third kappa shape index (κ3) is 3.66. The molecule has 0 aliphatic carbocycles. The third-order valence-corrected chi connectivity index (χ3v) is 2.67. The molecular weight excluding hydrogens is 331 g/mol. The fourth-order valence-corrected chi connectivity index (χ4v) is 1.83. The molecule has 1 rings (SSSR count). The van der Waals surface area contributed by atoms with E-state index in [0.29, 0.717) is 12.3 Å². The second kappa shape index (κ2) is 6.07. The average Bonchev–Trinajstić information content (AvgIpc) is 2.17. The summed E-state index contributed by atoms with van der Waals surface area (Å²) in [7, 11) is 0. The predicted octanol–water partition coefficient (Wildman–Crippen LogP) is 2.73. The van der Waals surface area contributed by atoms with Crippen molar-refractivity contribution in [1.29, 1.82) is 0 Å². The van der Waals surface area contributed by atoms with Gasteiger partial charge in [0.05, 0.1) is 18.7 Å². The number of alkyl halides is 2. The largest absolute Gasteiger partial charge is 0.466 e. The minimum Gasteiger partial charge on any atom is -0.466 e. The molecule has 0 aliphatic heterocycles. The molecular formula is C10H10F2INO2. The number of aromatic nitrogens is 1. The maximum atomic E-state index is 12.4. The van der Waals surface area contributed by atoms with Gasteiger partial charge in [0.15, 0.2) is 0 Å². The molecule has 3 nitrogen and oxygen atoms in total. The molecule has 0 fully saturated rings. The Balaban J connectivity index is 2.77. The summed E-state index contributed by atoms with van der Waals surface area (Å²) in [6.45, 7) is 2.00. The maximum Gasteiger partial charge on any atom is 0.311 e. The Morgan fingerprint density at radius 1 is 1.56 bits per heavy atom. The van der Waals surface area contributed by atoms with E-state index in [4.69, 9.17) is 4.74 Å². The number of hydrogen-bond acceptors (Lipinski definition) is 3. The van der Waals surface area contributed by atoms with Crippen LogP contribution in [-0.4, -0.2) is 17.6 Å². The number of hydrogen-bond donors (Lipinski definition) is 0. The lowest BCUT2D eigenvalue weighted by Gasteiger charge is -2.05. The SMILES string of the molecule is CCOC(=O)Cc1ccc(C(F)F)c(I)n1. The molecule has 1 aromatic heterocycles. The standard InChI is InChI=1S/C10H10F2INO2/c1-2-16-8(15)5-6-3-4-7(9(11)12)10(13)14-6/h3-4,9H,2,5H2,1H3. The summed E-state index contributed by atoms with van der Waals surface area (Å²) in [5.74, 6) is -0.407. The topological polar surface area (TPSA) is 39.2 Å². The molecule has 0 unspecified atom stereocenters. The summed E-state index contributed by atoms with van der Waals surface area (Å²) in [6, 6.07) is 2.70. The quantitative estimate of drug-likeness (QED) is 0.480. The molecule has 1 heterocycles. The first-order chi connectivity index (χ1) is 7.54. The highest BCUT2D eigenvalue weighted by molar-refractivity contribution is 14.1. The zero-order valence-corrected chi connectivity index (χ0v) is 10.7. The van der Waals surface area contributed by atoms with Gasteiger partial charge in [-0.2, -0.15) is 0 Å². The number of carbonyl (C=O) groups excluding carboxylic acids is 1. The van der Waals surface area contributed by atoms with Gasteiger partial charge in [-0.25, -0.2) is 13.8 Å². The minimum absolute atomic E-state index is 0.00730. The van der Waals surface area contributed by atoms with Crippen LogP contribution < -0.4 is 0 Å². The van der Waals surface area contributed by atoms with Crippen molar-refractivity contribution >= 4 is 28.6 Å². The van der Waals surface area contributed by atoms with Crippen LogP contribution in [0.15, 0.2) is 12.1 Å². The van der Waals surface area contributed by atoms with Gasteiger partial charge < -0.3 is 4.74 Å². The number of rotatable bonds is 4. The molecule has 88 valence electrons. The number of carbonyl (C=O) groups is 1. The van der Waals surface area contributed by atoms with Crippen LogP contribution >= 0.6 is 22.6 Å². The number of nitrogens with zero attached hydrogens (tertiary/aromatic N) is 1. The summed E-state index contributed by atoms with van der Waals surface area (Å²) in [4.78, 5) is 15.1. The zero-order valence-electron chi connectivity index (χ0n) is 8.54. The lowest BCUT2D eigenvalue weighted by molar-refractivity contribution is -0.142. The van der Waals surface area contributed by atoms with Crippen molar-refractivity contribution in [2.24, 2.45) is 0 Å². The monoisotopic (exact) mass is 341 g/mol. The number of esters is 1. The van der Waals surface area contributed by atoms with E-state index in [1.165, 1.54) is 12.1 Å². The van der Waals surface area contributed by atoms with E-state index in [2.05, 4.69) is 4.98 Å². The van der Waals surface area contributed by atoms with Crippen LogP contribution in [-0.2, 0) is 16.0 Å². The van der Waals surface area contributed by atoms with Crippen LogP contribution in [0.2, 0.25) is 0 Å². The minimum atomic E-state index is -2.55. The van der Waals surface area contributed by atoms with Crippen molar-refractivity contribution in [2.75, 3.05) is 6.61 Å². The van der Waals surface area contributed by atoms with E-state index >= 15 is 0 Å². The maximum absolute atomic E-state index is 12.4. The molecule has 0 saturated heterocycles. The first kappa shape index (κ1) is 13.3. The molecule has 1 aromatic rings. The Morgan fingerprint density at radius 3 is 2.75 bits per heavy atom. The number of ether oxygens (including phenoxy) is 1. The van der Waals surface area contributed by atoms with Gasteiger partial charge in [0.25, 0.3) is 6.43 Å².